The minimum absolute atomic E-state index is 0.252. The van der Waals surface area contributed by atoms with Gasteiger partial charge in [0.1, 0.15) is 18.6 Å². The number of rotatable bonds is 10. The molecule has 1 saturated heterocycles. The van der Waals surface area contributed by atoms with E-state index < -0.39 is 0 Å². The van der Waals surface area contributed by atoms with E-state index in [0.29, 0.717) is 11.3 Å². The number of aromatic nitrogens is 2. The van der Waals surface area contributed by atoms with Crippen LogP contribution in [0.5, 0.6) is 0 Å². The molecule has 1 aromatic carbocycles. The summed E-state index contributed by atoms with van der Waals surface area (Å²) >= 11 is 1.44. The zero-order valence-electron chi connectivity index (χ0n) is 21.2. The zero-order chi connectivity index (χ0) is 26.0. The van der Waals surface area contributed by atoms with Crippen LogP contribution in [-0.4, -0.2) is 67.2 Å². The summed E-state index contributed by atoms with van der Waals surface area (Å²) in [5.74, 6) is 0.718. The lowest BCUT2D eigenvalue weighted by Gasteiger charge is -2.36. The first-order valence-electron chi connectivity index (χ1n) is 12.1. The van der Waals surface area contributed by atoms with Gasteiger partial charge in [-0.2, -0.15) is 5.26 Å². The van der Waals surface area contributed by atoms with E-state index in [1.54, 1.807) is 0 Å². The molecule has 0 bridgehead atoms. The molecule has 4 rings (SSSR count). The number of allylic oxidation sites excluding steroid dienone is 1. The number of nitriles is 1. The van der Waals surface area contributed by atoms with Gasteiger partial charge in [0.15, 0.2) is 5.13 Å². The molecule has 1 aliphatic heterocycles. The van der Waals surface area contributed by atoms with Crippen LogP contribution in [0.2, 0.25) is 0 Å². The summed E-state index contributed by atoms with van der Waals surface area (Å²) < 4.78 is 0. The largest absolute Gasteiger partial charge is 0.368 e. The van der Waals surface area contributed by atoms with Gasteiger partial charge in [0.2, 0.25) is 0 Å². The molecule has 190 valence electrons. The third-order valence-electron chi connectivity index (χ3n) is 6.05. The van der Waals surface area contributed by atoms with Gasteiger partial charge in [0.05, 0.1) is 33.7 Å². The number of hydrogen-bond acceptors (Lipinski definition) is 10. The van der Waals surface area contributed by atoms with E-state index in [1.807, 2.05) is 26.2 Å². The SMILES string of the molecule is C=N/C=C(C#N)\C(=N/CNc1ccc(N2CCN(Cc3ccccc3)CC2)cn1)c1sc(NC)nc1C. The van der Waals surface area contributed by atoms with Crippen molar-refractivity contribution in [3.63, 3.8) is 0 Å². The monoisotopic (exact) mass is 513 g/mol. The number of benzene rings is 1. The molecule has 0 spiro atoms. The molecule has 10 heteroatoms. The Morgan fingerprint density at radius 3 is 2.59 bits per heavy atom. The fraction of sp³-hybridized carbons (Fsp3) is 0.296. The quantitative estimate of drug-likeness (QED) is 0.310. The fourth-order valence-corrected chi connectivity index (χ4v) is 5.06. The highest BCUT2D eigenvalue weighted by molar-refractivity contribution is 7.17. The lowest BCUT2D eigenvalue weighted by atomic mass is 10.1. The van der Waals surface area contributed by atoms with E-state index in [1.165, 1.54) is 23.1 Å². The second-order valence-corrected chi connectivity index (χ2v) is 9.51. The summed E-state index contributed by atoms with van der Waals surface area (Å²) in [7, 11) is 1.81. The van der Waals surface area contributed by atoms with E-state index >= 15 is 0 Å². The normalized spacial score (nSPS) is 14.8. The third kappa shape index (κ3) is 6.78. The molecule has 3 heterocycles. The molecule has 0 amide bonds. The van der Waals surface area contributed by atoms with Gasteiger partial charge in [-0.05, 0) is 31.3 Å². The van der Waals surface area contributed by atoms with Crippen LogP contribution in [0, 0.1) is 18.3 Å². The van der Waals surface area contributed by atoms with Gasteiger partial charge < -0.3 is 15.5 Å². The van der Waals surface area contributed by atoms with Gasteiger partial charge in [-0.1, -0.05) is 41.7 Å². The molecule has 2 aromatic heterocycles. The number of anilines is 3. The van der Waals surface area contributed by atoms with Crippen molar-refractivity contribution in [2.75, 3.05) is 55.4 Å². The van der Waals surface area contributed by atoms with E-state index in [-0.39, 0.29) is 6.67 Å². The summed E-state index contributed by atoms with van der Waals surface area (Å²) in [4.78, 5) is 23.2. The lowest BCUT2D eigenvalue weighted by Crippen LogP contribution is -2.46. The van der Waals surface area contributed by atoms with Crippen LogP contribution in [0.4, 0.5) is 16.6 Å². The Morgan fingerprint density at radius 1 is 1.19 bits per heavy atom. The van der Waals surface area contributed by atoms with Crippen LogP contribution in [0.25, 0.3) is 0 Å². The molecule has 3 aromatic rings. The summed E-state index contributed by atoms with van der Waals surface area (Å²) in [6, 6.07) is 16.8. The highest BCUT2D eigenvalue weighted by Gasteiger charge is 2.19. The Morgan fingerprint density at radius 2 is 1.97 bits per heavy atom. The average Bonchev–Trinajstić information content (AvgIpc) is 3.32. The van der Waals surface area contributed by atoms with Crippen LogP contribution in [0.3, 0.4) is 0 Å². The fourth-order valence-electron chi connectivity index (χ4n) is 4.12. The molecular formula is C27H31N9S. The van der Waals surface area contributed by atoms with Crippen LogP contribution < -0.4 is 15.5 Å². The minimum atomic E-state index is 0.252. The van der Waals surface area contributed by atoms with E-state index in [2.05, 4.69) is 89.6 Å². The molecule has 0 radical (unpaired) electrons. The standard InChI is InChI=1S/C27H31N9S/c1-20-26(37-27(30-3)34-20)25(22(15-28)16-29-2)33-19-32-24-10-9-23(17-31-24)36-13-11-35(12-14-36)18-21-7-5-4-6-8-21/h4-10,16-17H,2,11-14,18-19H2,1,3H3,(H,30,34)(H,31,32)/b22-16-,33-25+. The molecule has 1 aliphatic rings. The zero-order valence-corrected chi connectivity index (χ0v) is 22.0. The van der Waals surface area contributed by atoms with Crippen molar-refractivity contribution < 1.29 is 0 Å². The van der Waals surface area contributed by atoms with Crippen molar-refractivity contribution in [3.8, 4) is 6.07 Å². The maximum atomic E-state index is 9.65. The maximum absolute atomic E-state index is 9.65. The van der Waals surface area contributed by atoms with E-state index in [0.717, 1.165) is 59.9 Å². The van der Waals surface area contributed by atoms with Crippen molar-refractivity contribution >= 4 is 40.4 Å². The lowest BCUT2D eigenvalue weighted by molar-refractivity contribution is 0.250. The van der Waals surface area contributed by atoms with Crippen molar-refractivity contribution in [1.82, 2.24) is 14.9 Å². The first-order chi connectivity index (χ1) is 18.1. The summed E-state index contributed by atoms with van der Waals surface area (Å²) in [6.45, 7) is 10.6. The predicted octanol–water partition coefficient (Wildman–Crippen LogP) is 4.18. The highest BCUT2D eigenvalue weighted by atomic mass is 32.1. The van der Waals surface area contributed by atoms with Gasteiger partial charge in [-0.3, -0.25) is 14.9 Å². The van der Waals surface area contributed by atoms with Crippen molar-refractivity contribution in [3.05, 3.63) is 76.6 Å². The minimum Gasteiger partial charge on any atom is -0.368 e. The number of thiazole rings is 1. The molecule has 0 saturated carbocycles. The Labute approximate surface area is 221 Å². The van der Waals surface area contributed by atoms with Crippen LogP contribution in [0.1, 0.15) is 16.1 Å². The first-order valence-corrected chi connectivity index (χ1v) is 12.9. The first kappa shape index (κ1) is 26.0. The van der Waals surface area contributed by atoms with Crippen molar-refractivity contribution in [2.24, 2.45) is 9.98 Å². The van der Waals surface area contributed by atoms with E-state index in [9.17, 15) is 5.26 Å². The number of aliphatic imine (C=N–C) groups is 2. The molecule has 0 unspecified atom stereocenters. The van der Waals surface area contributed by atoms with Crippen molar-refractivity contribution in [1.29, 1.82) is 5.26 Å². The second-order valence-electron chi connectivity index (χ2n) is 8.51. The molecule has 37 heavy (non-hydrogen) atoms. The number of hydrogen-bond donors (Lipinski definition) is 2. The topological polar surface area (TPSA) is 105 Å². The summed E-state index contributed by atoms with van der Waals surface area (Å²) in [6.07, 6.45) is 3.32. The number of aryl methyl sites for hydroxylation is 1. The predicted molar refractivity (Wildman–Crippen MR) is 153 cm³/mol. The molecule has 0 aliphatic carbocycles. The van der Waals surface area contributed by atoms with Gasteiger partial charge >= 0.3 is 0 Å². The van der Waals surface area contributed by atoms with Crippen LogP contribution in [-0.2, 0) is 6.54 Å². The molecule has 9 nitrogen and oxygen atoms in total. The van der Waals surface area contributed by atoms with E-state index in [4.69, 9.17) is 0 Å². The van der Waals surface area contributed by atoms with Gasteiger partial charge in [0, 0.05) is 46.0 Å². The van der Waals surface area contributed by atoms with Gasteiger partial charge in [-0.25, -0.2) is 9.97 Å². The maximum Gasteiger partial charge on any atom is 0.183 e. The Balaban J connectivity index is 1.36. The summed E-state index contributed by atoms with van der Waals surface area (Å²) in [5.41, 5.74) is 4.13. The smallest absolute Gasteiger partial charge is 0.183 e. The molecular weight excluding hydrogens is 482 g/mol. The molecule has 0 atom stereocenters. The molecule has 2 N–H and O–H groups in total. The number of piperazine rings is 1. The van der Waals surface area contributed by atoms with Crippen LogP contribution in [0.15, 0.2) is 70.4 Å². The van der Waals surface area contributed by atoms with Gasteiger partial charge in [0.25, 0.3) is 0 Å². The summed E-state index contributed by atoms with van der Waals surface area (Å²) in [5, 5.41) is 16.7. The second kappa shape index (κ2) is 12.8. The Bertz CT molecular complexity index is 1280. The Kier molecular flexibility index (Phi) is 8.97. The van der Waals surface area contributed by atoms with Crippen LogP contribution >= 0.6 is 11.3 Å². The number of nitrogens with one attached hydrogen (secondary N) is 2. The highest BCUT2D eigenvalue weighted by Crippen LogP contribution is 2.25. The number of nitrogens with zero attached hydrogens (tertiary/aromatic N) is 7. The van der Waals surface area contributed by atoms with Crippen molar-refractivity contribution in [2.45, 2.75) is 13.5 Å². The van der Waals surface area contributed by atoms with Gasteiger partial charge in [-0.15, -0.1) is 0 Å². The average molecular weight is 514 g/mol. The third-order valence-corrected chi connectivity index (χ3v) is 7.23. The molecule has 1 fully saturated rings. The Hall–Kier alpha value is -4.07. The number of pyridine rings is 1.